The van der Waals surface area contributed by atoms with Crippen LogP contribution in [0, 0.1) is 0 Å². The molecule has 26 heavy (non-hydrogen) atoms. The Morgan fingerprint density at radius 3 is 2.42 bits per heavy atom. The number of nitrogens with one attached hydrogen (secondary N) is 1. The molecular weight excluding hydrogens is 372 g/mol. The van der Waals surface area contributed by atoms with Crippen LogP contribution in [0.15, 0.2) is 29.6 Å². The molecule has 2 heterocycles. The van der Waals surface area contributed by atoms with Gasteiger partial charge in [0.05, 0.1) is 12.6 Å². The first-order valence-corrected chi connectivity index (χ1v) is 10.3. The second-order valence-corrected chi connectivity index (χ2v) is 8.35. The number of benzene rings is 1. The number of anilines is 1. The van der Waals surface area contributed by atoms with Crippen molar-refractivity contribution in [2.75, 3.05) is 11.9 Å². The third-order valence-electron chi connectivity index (χ3n) is 5.40. The van der Waals surface area contributed by atoms with E-state index in [0.29, 0.717) is 16.2 Å². The van der Waals surface area contributed by atoms with Crippen molar-refractivity contribution in [3.8, 4) is 0 Å². The van der Waals surface area contributed by atoms with E-state index in [0.717, 1.165) is 5.56 Å². The molecule has 1 aromatic heterocycles. The van der Waals surface area contributed by atoms with Crippen molar-refractivity contribution in [3.63, 3.8) is 0 Å². The van der Waals surface area contributed by atoms with Crippen LogP contribution in [-0.2, 0) is 4.74 Å². The van der Waals surface area contributed by atoms with E-state index in [9.17, 15) is 10.2 Å². The summed E-state index contributed by atoms with van der Waals surface area (Å²) in [7, 11) is 0. The van der Waals surface area contributed by atoms with E-state index in [1.165, 1.54) is 42.6 Å². The SMILES string of the molecule is O[C@@H]1[C@H](O)[C@@H](Nc2nc(Cl)cs2)CO[C@@H]1c1ccc(C2CCCC2)cc1. The number of halogens is 1. The van der Waals surface area contributed by atoms with Crippen molar-refractivity contribution in [3.05, 3.63) is 45.9 Å². The van der Waals surface area contributed by atoms with Crippen molar-refractivity contribution in [1.82, 2.24) is 4.98 Å². The van der Waals surface area contributed by atoms with Gasteiger partial charge in [-0.05, 0) is 29.9 Å². The molecule has 1 aliphatic heterocycles. The number of aliphatic hydroxyl groups is 2. The van der Waals surface area contributed by atoms with Crippen LogP contribution in [0.3, 0.4) is 0 Å². The monoisotopic (exact) mass is 394 g/mol. The third kappa shape index (κ3) is 3.75. The van der Waals surface area contributed by atoms with Gasteiger partial charge in [0.25, 0.3) is 0 Å². The molecule has 1 saturated heterocycles. The predicted octanol–water partition coefficient (Wildman–Crippen LogP) is 3.73. The summed E-state index contributed by atoms with van der Waals surface area (Å²) in [6.45, 7) is 0.282. The molecule has 140 valence electrons. The standard InChI is InChI=1S/C19H23ClN2O3S/c20-15-10-26-19(22-15)21-14-9-25-18(17(24)16(14)23)13-7-5-12(6-8-13)11-3-1-2-4-11/h5-8,10-11,14,16-18,23-24H,1-4,9H2,(H,21,22)/t14-,16+,17+,18+/m0/s1. The van der Waals surface area contributed by atoms with Gasteiger partial charge in [0, 0.05) is 5.38 Å². The smallest absolute Gasteiger partial charge is 0.184 e. The summed E-state index contributed by atoms with van der Waals surface area (Å²) >= 11 is 7.18. The highest BCUT2D eigenvalue weighted by Gasteiger charge is 2.39. The number of aromatic nitrogens is 1. The van der Waals surface area contributed by atoms with Crippen LogP contribution in [0.25, 0.3) is 0 Å². The molecule has 1 saturated carbocycles. The highest BCUT2D eigenvalue weighted by atomic mass is 35.5. The van der Waals surface area contributed by atoms with Crippen molar-refractivity contribution >= 4 is 28.1 Å². The van der Waals surface area contributed by atoms with Crippen LogP contribution < -0.4 is 5.32 Å². The number of thiazole rings is 1. The molecule has 4 rings (SSSR count). The molecule has 0 spiro atoms. The minimum Gasteiger partial charge on any atom is -0.388 e. The molecule has 2 aliphatic rings. The van der Waals surface area contributed by atoms with Crippen LogP contribution in [0.1, 0.15) is 48.8 Å². The molecule has 3 N–H and O–H groups in total. The average Bonchev–Trinajstić information content (AvgIpc) is 3.31. The molecule has 7 heteroatoms. The van der Waals surface area contributed by atoms with Crippen LogP contribution in [0.2, 0.25) is 5.15 Å². The Morgan fingerprint density at radius 2 is 1.77 bits per heavy atom. The molecule has 1 aromatic carbocycles. The summed E-state index contributed by atoms with van der Waals surface area (Å²) in [6, 6.07) is 7.87. The first kappa shape index (κ1) is 18.2. The summed E-state index contributed by atoms with van der Waals surface area (Å²) in [5.74, 6) is 0.658. The van der Waals surface area contributed by atoms with Gasteiger partial charge in [-0.15, -0.1) is 11.3 Å². The van der Waals surface area contributed by atoms with E-state index in [-0.39, 0.29) is 6.61 Å². The predicted molar refractivity (Wildman–Crippen MR) is 103 cm³/mol. The first-order chi connectivity index (χ1) is 12.6. The van der Waals surface area contributed by atoms with E-state index < -0.39 is 24.4 Å². The van der Waals surface area contributed by atoms with E-state index in [4.69, 9.17) is 16.3 Å². The maximum atomic E-state index is 10.6. The van der Waals surface area contributed by atoms with Crippen molar-refractivity contribution in [2.45, 2.75) is 56.0 Å². The van der Waals surface area contributed by atoms with Gasteiger partial charge in [-0.3, -0.25) is 0 Å². The number of nitrogens with zero attached hydrogens (tertiary/aromatic N) is 1. The van der Waals surface area contributed by atoms with Gasteiger partial charge in [0.15, 0.2) is 5.13 Å². The highest BCUT2D eigenvalue weighted by Crippen LogP contribution is 2.36. The molecule has 4 atom stereocenters. The zero-order valence-electron chi connectivity index (χ0n) is 14.3. The lowest BCUT2D eigenvalue weighted by Gasteiger charge is -2.38. The molecular formula is C19H23ClN2O3S. The van der Waals surface area contributed by atoms with E-state index >= 15 is 0 Å². The average molecular weight is 395 g/mol. The molecule has 0 radical (unpaired) electrons. The number of hydrogen-bond acceptors (Lipinski definition) is 6. The van der Waals surface area contributed by atoms with Gasteiger partial charge in [-0.25, -0.2) is 4.98 Å². The Hall–Kier alpha value is -1.18. The first-order valence-electron chi connectivity index (χ1n) is 9.07. The van der Waals surface area contributed by atoms with Gasteiger partial charge < -0.3 is 20.3 Å². The molecule has 0 bridgehead atoms. The minimum absolute atomic E-state index is 0.282. The van der Waals surface area contributed by atoms with Crippen molar-refractivity contribution in [2.24, 2.45) is 0 Å². The summed E-state index contributed by atoms with van der Waals surface area (Å²) < 4.78 is 5.88. The maximum absolute atomic E-state index is 10.6. The summed E-state index contributed by atoms with van der Waals surface area (Å²) in [5.41, 5.74) is 2.26. The summed E-state index contributed by atoms with van der Waals surface area (Å²) in [4.78, 5) is 4.11. The quantitative estimate of drug-likeness (QED) is 0.736. The zero-order chi connectivity index (χ0) is 18.1. The number of ether oxygens (including phenoxy) is 1. The fourth-order valence-electron chi connectivity index (χ4n) is 3.94. The Labute approximate surface area is 162 Å². The highest BCUT2D eigenvalue weighted by molar-refractivity contribution is 7.14. The molecule has 1 aliphatic carbocycles. The van der Waals surface area contributed by atoms with E-state index in [1.807, 2.05) is 12.1 Å². The van der Waals surface area contributed by atoms with Crippen LogP contribution in [0.4, 0.5) is 5.13 Å². The second kappa shape index (κ2) is 7.82. The molecule has 2 fully saturated rings. The minimum atomic E-state index is -1.01. The molecule has 0 unspecified atom stereocenters. The maximum Gasteiger partial charge on any atom is 0.184 e. The van der Waals surface area contributed by atoms with Crippen LogP contribution in [0.5, 0.6) is 0 Å². The van der Waals surface area contributed by atoms with E-state index in [2.05, 4.69) is 22.4 Å². The molecule has 0 amide bonds. The third-order valence-corrected chi connectivity index (χ3v) is 6.50. The Bertz CT molecular complexity index is 733. The normalized spacial score (nSPS) is 29.8. The Kier molecular flexibility index (Phi) is 5.47. The summed E-state index contributed by atoms with van der Waals surface area (Å²) in [6.07, 6.45) is 2.65. The van der Waals surface area contributed by atoms with Crippen molar-refractivity contribution < 1.29 is 14.9 Å². The fourth-order valence-corrected chi connectivity index (χ4v) is 4.84. The number of hydrogen-bond donors (Lipinski definition) is 3. The number of aliphatic hydroxyl groups excluding tert-OH is 2. The fraction of sp³-hybridized carbons (Fsp3) is 0.526. The van der Waals surface area contributed by atoms with Crippen LogP contribution in [-0.4, -0.2) is 40.1 Å². The molecule has 5 nitrogen and oxygen atoms in total. The van der Waals surface area contributed by atoms with Gasteiger partial charge in [0.1, 0.15) is 23.5 Å². The van der Waals surface area contributed by atoms with Crippen LogP contribution >= 0.6 is 22.9 Å². The number of rotatable bonds is 4. The van der Waals surface area contributed by atoms with Crippen molar-refractivity contribution in [1.29, 1.82) is 0 Å². The summed E-state index contributed by atoms with van der Waals surface area (Å²) in [5, 5.41) is 26.9. The Balaban J connectivity index is 1.42. The van der Waals surface area contributed by atoms with E-state index in [1.54, 1.807) is 5.38 Å². The second-order valence-electron chi connectivity index (χ2n) is 7.11. The van der Waals surface area contributed by atoms with Gasteiger partial charge in [-0.2, -0.15) is 0 Å². The Morgan fingerprint density at radius 1 is 1.08 bits per heavy atom. The topological polar surface area (TPSA) is 74.6 Å². The zero-order valence-corrected chi connectivity index (χ0v) is 15.9. The largest absolute Gasteiger partial charge is 0.388 e. The van der Waals surface area contributed by atoms with Gasteiger partial charge >= 0.3 is 0 Å². The lowest BCUT2D eigenvalue weighted by molar-refractivity contribution is -0.142. The molecule has 2 aromatic rings. The van der Waals surface area contributed by atoms with Gasteiger partial charge in [-0.1, -0.05) is 48.7 Å². The van der Waals surface area contributed by atoms with Gasteiger partial charge in [0.2, 0.25) is 0 Å². The lowest BCUT2D eigenvalue weighted by Crippen LogP contribution is -2.52. The lowest BCUT2D eigenvalue weighted by atomic mass is 9.91.